The van der Waals surface area contributed by atoms with Gasteiger partial charge in [-0.25, -0.2) is 0 Å². The van der Waals surface area contributed by atoms with Gasteiger partial charge in [0.2, 0.25) is 0 Å². The molecule has 0 saturated heterocycles. The van der Waals surface area contributed by atoms with E-state index in [1.54, 1.807) is 12.5 Å². The van der Waals surface area contributed by atoms with E-state index in [2.05, 4.69) is 66.8 Å². The summed E-state index contributed by atoms with van der Waals surface area (Å²) in [6, 6.07) is 0. The van der Waals surface area contributed by atoms with Crippen LogP contribution in [-0.2, 0) is 9.16 Å². The number of aliphatic hydroxyl groups excluding tert-OH is 2. The molecule has 0 aliphatic heterocycles. The fourth-order valence-electron chi connectivity index (χ4n) is 8.20. The zero-order valence-electron chi connectivity index (χ0n) is 25.6. The van der Waals surface area contributed by atoms with Gasteiger partial charge >= 0.3 is 0 Å². The van der Waals surface area contributed by atoms with Crippen molar-refractivity contribution < 1.29 is 24.5 Å². The minimum absolute atomic E-state index is 0.0511. The molecule has 3 fully saturated rings. The molecule has 38 heavy (non-hydrogen) atoms. The number of fused-ring (bicyclic) bond motifs is 5. The lowest BCUT2D eigenvalue weighted by Crippen LogP contribution is -2.57. The Labute approximate surface area is 233 Å². The molecule has 0 unspecified atom stereocenters. The van der Waals surface area contributed by atoms with Crippen molar-refractivity contribution in [3.8, 4) is 0 Å². The number of hydrogen-bond acceptors (Lipinski definition) is 5. The van der Waals surface area contributed by atoms with E-state index in [4.69, 9.17) is 9.16 Å². The Bertz CT molecular complexity index is 933. The van der Waals surface area contributed by atoms with Gasteiger partial charge in [-0.2, -0.15) is 0 Å². The van der Waals surface area contributed by atoms with Gasteiger partial charge < -0.3 is 24.5 Å². The second-order valence-electron chi connectivity index (χ2n) is 15.4. The summed E-state index contributed by atoms with van der Waals surface area (Å²) in [7, 11) is -2.01. The van der Waals surface area contributed by atoms with E-state index in [-0.39, 0.29) is 40.8 Å². The first-order valence-electron chi connectivity index (χ1n) is 15.2. The smallest absolute Gasteiger partial charge is 0.192 e. The fourth-order valence-corrected chi connectivity index (χ4v) is 9.60. The number of rotatable bonds is 8. The van der Waals surface area contributed by atoms with Crippen molar-refractivity contribution in [2.75, 3.05) is 13.2 Å². The molecule has 218 valence electrons. The number of allylic oxidation sites excluding steroid dienone is 3. The molecule has 0 heterocycles. The van der Waals surface area contributed by atoms with Gasteiger partial charge in [-0.1, -0.05) is 57.9 Å². The van der Waals surface area contributed by atoms with Crippen LogP contribution in [0, 0.1) is 28.6 Å². The van der Waals surface area contributed by atoms with Crippen molar-refractivity contribution >= 4 is 8.32 Å². The van der Waals surface area contributed by atoms with Gasteiger partial charge in [-0.3, -0.25) is 0 Å². The molecular weight excluding hydrogens is 492 g/mol. The first-order chi connectivity index (χ1) is 17.5. The molecular formula is C32H56O5Si. The second kappa shape index (κ2) is 10.4. The Balaban J connectivity index is 1.56. The lowest BCUT2D eigenvalue weighted by atomic mass is 9.49. The quantitative estimate of drug-likeness (QED) is 0.307. The van der Waals surface area contributed by atoms with Crippen LogP contribution in [-0.4, -0.2) is 60.8 Å². The highest BCUT2D eigenvalue weighted by molar-refractivity contribution is 6.74. The molecule has 0 spiro atoms. The summed E-state index contributed by atoms with van der Waals surface area (Å²) in [5, 5.41) is 30.6. The van der Waals surface area contributed by atoms with E-state index < -0.39 is 13.9 Å². The Kier molecular flexibility index (Phi) is 8.34. The monoisotopic (exact) mass is 548 g/mol. The van der Waals surface area contributed by atoms with Crippen molar-refractivity contribution in [3.63, 3.8) is 0 Å². The molecule has 4 rings (SSSR count). The summed E-state index contributed by atoms with van der Waals surface area (Å²) in [5.74, 6) is 1.50. The molecule has 4 aliphatic rings. The van der Waals surface area contributed by atoms with Gasteiger partial charge in [0, 0.05) is 18.4 Å². The second-order valence-corrected chi connectivity index (χ2v) is 20.2. The zero-order chi connectivity index (χ0) is 28.3. The van der Waals surface area contributed by atoms with Crippen molar-refractivity contribution in [2.45, 2.75) is 135 Å². The van der Waals surface area contributed by atoms with Crippen LogP contribution >= 0.6 is 0 Å². The molecule has 5 nitrogen and oxygen atoms in total. The Morgan fingerprint density at radius 1 is 1.08 bits per heavy atom. The summed E-state index contributed by atoms with van der Waals surface area (Å²) in [6.45, 7) is 20.7. The molecule has 0 aromatic rings. The largest absolute Gasteiger partial charge is 0.413 e. The minimum atomic E-state index is -2.01. The van der Waals surface area contributed by atoms with Crippen molar-refractivity contribution in [1.82, 2.24) is 0 Å². The summed E-state index contributed by atoms with van der Waals surface area (Å²) in [6.07, 6.45) is 11.3. The topological polar surface area (TPSA) is 79.2 Å². The van der Waals surface area contributed by atoms with E-state index in [1.807, 2.05) is 0 Å². The van der Waals surface area contributed by atoms with Crippen LogP contribution in [0.25, 0.3) is 0 Å². The highest BCUT2D eigenvalue weighted by atomic mass is 28.4. The molecule has 4 aliphatic carbocycles. The summed E-state index contributed by atoms with van der Waals surface area (Å²) in [5.41, 5.74) is 2.06. The SMILES string of the molecule is C[C@H](OCC[C@@](C)(O)CO)[C@H]1CC[C@H]2C3=CC=C4C[C@@H](O)C[C@H](O[Si](C)(C)C(C)(C)C)[C@]4(C)[C@H]3CC[C@]12C. The lowest BCUT2D eigenvalue weighted by Gasteiger charge is -2.58. The summed E-state index contributed by atoms with van der Waals surface area (Å²) in [4.78, 5) is 0. The lowest BCUT2D eigenvalue weighted by molar-refractivity contribution is -0.0732. The van der Waals surface area contributed by atoms with Crippen LogP contribution in [0.4, 0.5) is 0 Å². The normalized spacial score (nSPS) is 39.8. The van der Waals surface area contributed by atoms with Gasteiger partial charge in [0.1, 0.15) is 0 Å². The number of ether oxygens (including phenoxy) is 1. The van der Waals surface area contributed by atoms with Gasteiger partial charge in [-0.05, 0) is 93.7 Å². The standard InChI is InChI=1S/C32H56O5Si/c1-21(36-17-16-30(5,35)20-33)25-12-13-26-24-11-10-22-18-23(34)19-28(37-38(8,9)29(2,3)4)32(22,7)27(24)14-15-31(25,26)6/h10-11,21,23,25-28,33-35H,12-20H2,1-9H3/t21-,23+,25+,26-,27-,28-,30+,31+,32-/m0/s1. The van der Waals surface area contributed by atoms with Crippen LogP contribution in [0.2, 0.25) is 18.1 Å². The molecule has 6 heteroatoms. The predicted octanol–water partition coefficient (Wildman–Crippen LogP) is 6.39. The van der Waals surface area contributed by atoms with Crippen molar-refractivity contribution in [1.29, 1.82) is 0 Å². The highest BCUT2D eigenvalue weighted by Gasteiger charge is 2.60. The highest BCUT2D eigenvalue weighted by Crippen LogP contribution is 2.66. The number of aliphatic hydroxyl groups is 3. The van der Waals surface area contributed by atoms with E-state index in [0.717, 1.165) is 19.3 Å². The van der Waals surface area contributed by atoms with Crippen LogP contribution in [0.3, 0.4) is 0 Å². The third-order valence-electron chi connectivity index (χ3n) is 11.9. The first kappa shape index (κ1) is 30.5. The predicted molar refractivity (Wildman–Crippen MR) is 156 cm³/mol. The molecule has 0 aromatic carbocycles. The van der Waals surface area contributed by atoms with Crippen LogP contribution in [0.5, 0.6) is 0 Å². The van der Waals surface area contributed by atoms with Crippen LogP contribution in [0.1, 0.15) is 93.4 Å². The Morgan fingerprint density at radius 3 is 2.39 bits per heavy atom. The maximum Gasteiger partial charge on any atom is 0.192 e. The molecule has 0 aromatic heterocycles. The average Bonchev–Trinajstić information content (AvgIpc) is 3.16. The average molecular weight is 549 g/mol. The van der Waals surface area contributed by atoms with E-state index in [0.29, 0.717) is 30.8 Å². The summed E-state index contributed by atoms with van der Waals surface area (Å²) >= 11 is 0. The van der Waals surface area contributed by atoms with E-state index in [1.165, 1.54) is 24.8 Å². The third kappa shape index (κ3) is 5.27. The number of hydrogen-bond donors (Lipinski definition) is 3. The van der Waals surface area contributed by atoms with Gasteiger partial charge in [0.15, 0.2) is 8.32 Å². The van der Waals surface area contributed by atoms with Gasteiger partial charge in [-0.15, -0.1) is 0 Å². The van der Waals surface area contributed by atoms with E-state index in [9.17, 15) is 15.3 Å². The Hall–Kier alpha value is -0.503. The first-order valence-corrected chi connectivity index (χ1v) is 18.1. The minimum Gasteiger partial charge on any atom is -0.413 e. The fraction of sp³-hybridized carbons (Fsp3) is 0.875. The van der Waals surface area contributed by atoms with Crippen molar-refractivity contribution in [2.24, 2.45) is 28.6 Å². The molecule has 0 amide bonds. The third-order valence-corrected chi connectivity index (χ3v) is 16.3. The van der Waals surface area contributed by atoms with Crippen LogP contribution < -0.4 is 0 Å². The maximum absolute atomic E-state index is 10.9. The van der Waals surface area contributed by atoms with Crippen LogP contribution in [0.15, 0.2) is 23.3 Å². The van der Waals surface area contributed by atoms with E-state index >= 15 is 0 Å². The molecule has 3 saturated carbocycles. The van der Waals surface area contributed by atoms with Gasteiger partial charge in [0.25, 0.3) is 0 Å². The Morgan fingerprint density at radius 2 is 1.76 bits per heavy atom. The molecule has 0 radical (unpaired) electrons. The molecule has 9 atom stereocenters. The van der Waals surface area contributed by atoms with Crippen molar-refractivity contribution in [3.05, 3.63) is 23.3 Å². The zero-order valence-corrected chi connectivity index (χ0v) is 26.6. The van der Waals surface area contributed by atoms with Gasteiger partial charge in [0.05, 0.1) is 30.5 Å². The maximum atomic E-state index is 10.9. The molecule has 3 N–H and O–H groups in total. The summed E-state index contributed by atoms with van der Waals surface area (Å²) < 4.78 is 13.5. The molecule has 0 bridgehead atoms.